The highest BCUT2D eigenvalue weighted by molar-refractivity contribution is 7.11. The second-order valence-corrected chi connectivity index (χ2v) is 6.99. The Labute approximate surface area is 112 Å². The van der Waals surface area contributed by atoms with Crippen LogP contribution >= 0.6 is 11.3 Å². The fraction of sp³-hybridized carbons (Fsp3) is 0.692. The second kappa shape index (κ2) is 4.88. The van der Waals surface area contributed by atoms with Gasteiger partial charge in [-0.1, -0.05) is 0 Å². The smallest absolute Gasteiger partial charge is 0.410 e. The van der Waals surface area contributed by atoms with Gasteiger partial charge in [0.2, 0.25) is 0 Å². The molecule has 1 atom stereocenters. The van der Waals surface area contributed by atoms with Crippen LogP contribution in [0.5, 0.6) is 0 Å². The number of nitrogens with zero attached hydrogens (tertiary/aromatic N) is 2. The monoisotopic (exact) mass is 268 g/mol. The minimum absolute atomic E-state index is 0.210. The Hall–Kier alpha value is -1.10. The van der Waals surface area contributed by atoms with Crippen molar-refractivity contribution in [3.8, 4) is 0 Å². The lowest BCUT2D eigenvalue weighted by molar-refractivity contribution is 0.0292. The summed E-state index contributed by atoms with van der Waals surface area (Å²) in [5, 5.41) is 1.14. The van der Waals surface area contributed by atoms with Crippen molar-refractivity contribution < 1.29 is 9.53 Å². The molecule has 0 bridgehead atoms. The van der Waals surface area contributed by atoms with Gasteiger partial charge in [0.05, 0.1) is 5.01 Å². The summed E-state index contributed by atoms with van der Waals surface area (Å²) in [7, 11) is 0. The molecular weight excluding hydrogens is 248 g/mol. The van der Waals surface area contributed by atoms with Crippen molar-refractivity contribution in [2.24, 2.45) is 0 Å². The van der Waals surface area contributed by atoms with Gasteiger partial charge in [0, 0.05) is 30.1 Å². The summed E-state index contributed by atoms with van der Waals surface area (Å²) in [4.78, 5) is 19.3. The van der Waals surface area contributed by atoms with Crippen LogP contribution in [-0.2, 0) is 4.74 Å². The Morgan fingerprint density at radius 3 is 2.83 bits per heavy atom. The molecule has 1 unspecified atom stereocenters. The quantitative estimate of drug-likeness (QED) is 0.785. The van der Waals surface area contributed by atoms with Gasteiger partial charge in [-0.05, 0) is 34.1 Å². The van der Waals surface area contributed by atoms with Gasteiger partial charge < -0.3 is 9.64 Å². The van der Waals surface area contributed by atoms with Crippen LogP contribution in [0.2, 0.25) is 0 Å². The summed E-state index contributed by atoms with van der Waals surface area (Å²) in [5.74, 6) is 0.371. The normalized spacial score (nSPS) is 20.2. The van der Waals surface area contributed by atoms with Crippen molar-refractivity contribution in [1.82, 2.24) is 9.88 Å². The zero-order chi connectivity index (χ0) is 13.3. The van der Waals surface area contributed by atoms with Crippen LogP contribution in [0.15, 0.2) is 6.20 Å². The topological polar surface area (TPSA) is 42.4 Å². The van der Waals surface area contributed by atoms with Gasteiger partial charge in [0.1, 0.15) is 5.60 Å². The molecule has 1 fully saturated rings. The average molecular weight is 268 g/mol. The summed E-state index contributed by atoms with van der Waals surface area (Å²) >= 11 is 1.72. The number of hydrogen-bond donors (Lipinski definition) is 0. The first kappa shape index (κ1) is 13.3. The highest BCUT2D eigenvalue weighted by Gasteiger charge is 2.31. The molecule has 1 aliphatic heterocycles. The summed E-state index contributed by atoms with van der Waals surface area (Å²) in [5.41, 5.74) is -0.424. The molecule has 0 aromatic carbocycles. The van der Waals surface area contributed by atoms with Crippen molar-refractivity contribution in [3.05, 3.63) is 16.1 Å². The molecule has 1 aromatic heterocycles. The third-order valence-corrected chi connectivity index (χ3v) is 3.90. The lowest BCUT2D eigenvalue weighted by atomic mass is 10.1. The minimum atomic E-state index is -0.424. The Bertz CT molecular complexity index is 436. The number of ether oxygens (including phenoxy) is 1. The summed E-state index contributed by atoms with van der Waals surface area (Å²) < 4.78 is 5.38. The van der Waals surface area contributed by atoms with Crippen molar-refractivity contribution in [3.63, 3.8) is 0 Å². The standard InChI is InChI=1S/C13H20N2O2S/c1-9-7-14-11(18-9)10-5-6-15(8-10)12(16)17-13(2,3)4/h7,10H,5-6,8H2,1-4H3. The fourth-order valence-electron chi connectivity index (χ4n) is 2.02. The molecule has 0 aliphatic carbocycles. The molecule has 4 nitrogen and oxygen atoms in total. The van der Waals surface area contributed by atoms with Gasteiger partial charge in [0.15, 0.2) is 0 Å². The van der Waals surface area contributed by atoms with Crippen molar-refractivity contribution in [2.75, 3.05) is 13.1 Å². The summed E-state index contributed by atoms with van der Waals surface area (Å²) in [6.45, 7) is 9.22. The number of hydrogen-bond acceptors (Lipinski definition) is 4. The van der Waals surface area contributed by atoms with E-state index in [1.54, 1.807) is 16.2 Å². The van der Waals surface area contributed by atoms with E-state index in [4.69, 9.17) is 4.74 Å². The van der Waals surface area contributed by atoms with Crippen LogP contribution in [0, 0.1) is 6.92 Å². The summed E-state index contributed by atoms with van der Waals surface area (Å²) in [6.07, 6.45) is 2.67. The van der Waals surface area contributed by atoms with Gasteiger partial charge in [0.25, 0.3) is 0 Å². The molecule has 1 saturated heterocycles. The van der Waals surface area contributed by atoms with Crippen molar-refractivity contribution in [1.29, 1.82) is 0 Å². The molecule has 0 N–H and O–H groups in total. The number of aromatic nitrogens is 1. The van der Waals surface area contributed by atoms with Crippen molar-refractivity contribution >= 4 is 17.4 Å². The number of aryl methyl sites for hydroxylation is 1. The molecule has 1 aromatic rings. The van der Waals surface area contributed by atoms with Crippen LogP contribution in [0.25, 0.3) is 0 Å². The molecule has 100 valence electrons. The number of thiazole rings is 1. The molecule has 0 saturated carbocycles. The molecule has 0 radical (unpaired) electrons. The number of carbonyl (C=O) groups excluding carboxylic acids is 1. The zero-order valence-electron chi connectivity index (χ0n) is 11.4. The molecule has 1 amide bonds. The van der Waals surface area contributed by atoms with Gasteiger partial charge in [-0.25, -0.2) is 9.78 Å². The van der Waals surface area contributed by atoms with Crippen LogP contribution in [0.3, 0.4) is 0 Å². The van der Waals surface area contributed by atoms with Crippen molar-refractivity contribution in [2.45, 2.75) is 45.6 Å². The Balaban J connectivity index is 1.94. The minimum Gasteiger partial charge on any atom is -0.444 e. The first-order chi connectivity index (χ1) is 8.35. The molecule has 1 aliphatic rings. The zero-order valence-corrected chi connectivity index (χ0v) is 12.2. The van der Waals surface area contributed by atoms with E-state index < -0.39 is 5.60 Å². The molecule has 5 heteroatoms. The second-order valence-electron chi connectivity index (χ2n) is 5.72. The number of carbonyl (C=O) groups is 1. The Morgan fingerprint density at radius 2 is 2.28 bits per heavy atom. The number of likely N-dealkylation sites (tertiary alicyclic amines) is 1. The first-order valence-electron chi connectivity index (χ1n) is 6.25. The van der Waals surface area contributed by atoms with Crippen LogP contribution < -0.4 is 0 Å². The SMILES string of the molecule is Cc1cnc(C2CCN(C(=O)OC(C)(C)C)C2)s1. The van der Waals surface area contributed by atoms with E-state index in [0.29, 0.717) is 5.92 Å². The van der Waals surface area contributed by atoms with Crippen LogP contribution in [0.4, 0.5) is 4.79 Å². The maximum Gasteiger partial charge on any atom is 0.410 e. The summed E-state index contributed by atoms with van der Waals surface area (Å²) in [6, 6.07) is 0. The number of amides is 1. The highest BCUT2D eigenvalue weighted by atomic mass is 32.1. The third kappa shape index (κ3) is 3.22. The van der Waals surface area contributed by atoms with E-state index in [0.717, 1.165) is 24.5 Å². The van der Waals surface area contributed by atoms with Gasteiger partial charge >= 0.3 is 6.09 Å². The highest BCUT2D eigenvalue weighted by Crippen LogP contribution is 2.30. The van der Waals surface area contributed by atoms with Gasteiger partial charge in [-0.2, -0.15) is 0 Å². The third-order valence-electron chi connectivity index (χ3n) is 2.83. The Morgan fingerprint density at radius 1 is 1.56 bits per heavy atom. The van der Waals surface area contributed by atoms with E-state index >= 15 is 0 Å². The van der Waals surface area contributed by atoms with E-state index in [1.807, 2.05) is 27.0 Å². The van der Waals surface area contributed by atoms with Crippen LogP contribution in [-0.4, -0.2) is 34.7 Å². The van der Waals surface area contributed by atoms with E-state index in [2.05, 4.69) is 11.9 Å². The van der Waals surface area contributed by atoms with Gasteiger partial charge in [-0.15, -0.1) is 11.3 Å². The Kier molecular flexibility index (Phi) is 3.61. The molecule has 0 spiro atoms. The first-order valence-corrected chi connectivity index (χ1v) is 7.07. The van der Waals surface area contributed by atoms with E-state index in [-0.39, 0.29) is 6.09 Å². The molecule has 2 rings (SSSR count). The average Bonchev–Trinajstić information content (AvgIpc) is 2.82. The maximum absolute atomic E-state index is 11.9. The van der Waals surface area contributed by atoms with Gasteiger partial charge in [-0.3, -0.25) is 0 Å². The predicted octanol–water partition coefficient (Wildman–Crippen LogP) is 3.18. The fourth-order valence-corrected chi connectivity index (χ4v) is 2.91. The largest absolute Gasteiger partial charge is 0.444 e. The molecule has 2 heterocycles. The lowest BCUT2D eigenvalue weighted by Crippen LogP contribution is -2.35. The number of rotatable bonds is 1. The predicted molar refractivity (Wildman–Crippen MR) is 72.0 cm³/mol. The molecular formula is C13H20N2O2S. The molecule has 18 heavy (non-hydrogen) atoms. The van der Waals surface area contributed by atoms with E-state index in [1.165, 1.54) is 4.88 Å². The lowest BCUT2D eigenvalue weighted by Gasteiger charge is -2.24. The maximum atomic E-state index is 11.9. The van der Waals surface area contributed by atoms with Crippen LogP contribution in [0.1, 0.15) is 43.0 Å². The van der Waals surface area contributed by atoms with E-state index in [9.17, 15) is 4.79 Å².